The first-order valence-electron chi connectivity index (χ1n) is 3.30. The number of halogens is 4. The van der Waals surface area contributed by atoms with E-state index in [2.05, 4.69) is 4.98 Å². The molecule has 0 aromatic carbocycles. The Kier molecular flexibility index (Phi) is 3.48. The Hall–Kier alpha value is -0.370. The standard InChI is InChI=1S/C7H5F3INO/c8-5-1-3(7(9)10)6(11)4(2-13)12-5/h1,7,13H,2H2. The maximum absolute atomic E-state index is 12.6. The average molecular weight is 303 g/mol. The van der Waals surface area contributed by atoms with Crippen molar-refractivity contribution in [1.29, 1.82) is 0 Å². The van der Waals surface area contributed by atoms with E-state index in [4.69, 9.17) is 5.11 Å². The molecule has 2 nitrogen and oxygen atoms in total. The lowest BCUT2D eigenvalue weighted by atomic mass is 10.2. The Balaban J connectivity index is 3.27. The Morgan fingerprint density at radius 1 is 1.54 bits per heavy atom. The Labute approximate surface area is 85.9 Å². The van der Waals surface area contributed by atoms with Gasteiger partial charge in [-0.2, -0.15) is 4.39 Å². The van der Waals surface area contributed by atoms with E-state index < -0.39 is 24.5 Å². The highest BCUT2D eigenvalue weighted by Gasteiger charge is 2.16. The van der Waals surface area contributed by atoms with Crippen molar-refractivity contribution in [1.82, 2.24) is 4.98 Å². The van der Waals surface area contributed by atoms with E-state index in [0.717, 1.165) is 0 Å². The number of pyridine rings is 1. The summed E-state index contributed by atoms with van der Waals surface area (Å²) in [6.07, 6.45) is -2.75. The van der Waals surface area contributed by atoms with E-state index in [9.17, 15) is 13.2 Å². The second-order valence-corrected chi connectivity index (χ2v) is 3.33. The summed E-state index contributed by atoms with van der Waals surface area (Å²) >= 11 is 1.60. The van der Waals surface area contributed by atoms with Crippen molar-refractivity contribution < 1.29 is 18.3 Å². The summed E-state index contributed by atoms with van der Waals surface area (Å²) in [6.45, 7) is -0.546. The molecule has 6 heteroatoms. The summed E-state index contributed by atoms with van der Waals surface area (Å²) in [7, 11) is 0. The molecule has 0 atom stereocenters. The summed E-state index contributed by atoms with van der Waals surface area (Å²) in [5, 5.41) is 8.67. The van der Waals surface area contributed by atoms with E-state index in [0.29, 0.717) is 6.07 Å². The van der Waals surface area contributed by atoms with Crippen LogP contribution in [0.4, 0.5) is 13.2 Å². The molecule has 0 radical (unpaired) electrons. The number of hydrogen-bond acceptors (Lipinski definition) is 2. The maximum atomic E-state index is 12.6. The average Bonchev–Trinajstić information content (AvgIpc) is 2.08. The third-order valence-electron chi connectivity index (χ3n) is 1.41. The van der Waals surface area contributed by atoms with Crippen molar-refractivity contribution in [3.63, 3.8) is 0 Å². The van der Waals surface area contributed by atoms with Crippen LogP contribution < -0.4 is 0 Å². The first kappa shape index (κ1) is 10.7. The van der Waals surface area contributed by atoms with Gasteiger partial charge in [-0.3, -0.25) is 0 Å². The Morgan fingerprint density at radius 2 is 2.15 bits per heavy atom. The normalized spacial score (nSPS) is 10.9. The van der Waals surface area contributed by atoms with Crippen LogP contribution in [0.15, 0.2) is 6.07 Å². The minimum Gasteiger partial charge on any atom is -0.390 e. The van der Waals surface area contributed by atoms with Crippen LogP contribution in [-0.4, -0.2) is 10.1 Å². The van der Waals surface area contributed by atoms with Gasteiger partial charge in [0.2, 0.25) is 5.95 Å². The van der Waals surface area contributed by atoms with Crippen LogP contribution in [0, 0.1) is 9.52 Å². The van der Waals surface area contributed by atoms with Gasteiger partial charge in [0.05, 0.1) is 12.3 Å². The van der Waals surface area contributed by atoms with Crippen molar-refractivity contribution in [3.8, 4) is 0 Å². The summed E-state index contributed by atoms with van der Waals surface area (Å²) in [5.41, 5.74) is -0.493. The molecule has 0 spiro atoms. The van der Waals surface area contributed by atoms with Crippen molar-refractivity contribution in [2.24, 2.45) is 0 Å². The number of rotatable bonds is 2. The molecule has 0 amide bonds. The monoisotopic (exact) mass is 303 g/mol. The third-order valence-corrected chi connectivity index (χ3v) is 2.65. The fourth-order valence-electron chi connectivity index (χ4n) is 0.832. The van der Waals surface area contributed by atoms with Gasteiger partial charge in [-0.1, -0.05) is 0 Å². The first-order chi connectivity index (χ1) is 6.06. The molecule has 1 heterocycles. The predicted octanol–water partition coefficient (Wildman–Crippen LogP) is 2.26. The highest BCUT2D eigenvalue weighted by Crippen LogP contribution is 2.26. The zero-order valence-corrected chi connectivity index (χ0v) is 8.43. The topological polar surface area (TPSA) is 33.1 Å². The van der Waals surface area contributed by atoms with E-state index >= 15 is 0 Å². The lowest BCUT2D eigenvalue weighted by Crippen LogP contribution is -2.02. The van der Waals surface area contributed by atoms with Crippen LogP contribution in [0.3, 0.4) is 0 Å². The lowest BCUT2D eigenvalue weighted by molar-refractivity contribution is 0.149. The molecule has 1 aromatic heterocycles. The molecule has 0 aliphatic rings. The van der Waals surface area contributed by atoms with E-state index in [1.165, 1.54) is 0 Å². The molecule has 1 aromatic rings. The molecule has 0 saturated carbocycles. The van der Waals surface area contributed by atoms with Crippen molar-refractivity contribution >= 4 is 22.6 Å². The first-order valence-corrected chi connectivity index (χ1v) is 4.38. The molecular weight excluding hydrogens is 298 g/mol. The highest BCUT2D eigenvalue weighted by molar-refractivity contribution is 14.1. The van der Waals surface area contributed by atoms with Gasteiger partial charge in [0.25, 0.3) is 6.43 Å². The van der Waals surface area contributed by atoms with Gasteiger partial charge in [0, 0.05) is 15.2 Å². The summed E-state index contributed by atoms with van der Waals surface area (Å²) < 4.78 is 37.2. The smallest absolute Gasteiger partial charge is 0.265 e. The largest absolute Gasteiger partial charge is 0.390 e. The molecule has 72 valence electrons. The summed E-state index contributed by atoms with van der Waals surface area (Å²) in [4.78, 5) is 3.28. The molecule has 1 N–H and O–H groups in total. The molecule has 0 unspecified atom stereocenters. The fourth-order valence-corrected chi connectivity index (χ4v) is 1.51. The predicted molar refractivity (Wildman–Crippen MR) is 47.8 cm³/mol. The fraction of sp³-hybridized carbons (Fsp3) is 0.286. The number of hydrogen-bond donors (Lipinski definition) is 1. The van der Waals surface area contributed by atoms with Crippen molar-refractivity contribution in [2.45, 2.75) is 13.0 Å². The van der Waals surface area contributed by atoms with Gasteiger partial charge in [0.15, 0.2) is 0 Å². The second kappa shape index (κ2) is 4.23. The zero-order chi connectivity index (χ0) is 10.0. The van der Waals surface area contributed by atoms with Gasteiger partial charge >= 0.3 is 0 Å². The number of aliphatic hydroxyl groups is 1. The molecule has 0 aliphatic carbocycles. The van der Waals surface area contributed by atoms with Crippen molar-refractivity contribution in [2.75, 3.05) is 0 Å². The van der Waals surface area contributed by atoms with Gasteiger partial charge < -0.3 is 5.11 Å². The number of nitrogens with zero attached hydrogens (tertiary/aromatic N) is 1. The van der Waals surface area contributed by atoms with Crippen LogP contribution in [0.25, 0.3) is 0 Å². The van der Waals surface area contributed by atoms with Crippen LogP contribution in [0.2, 0.25) is 0 Å². The second-order valence-electron chi connectivity index (χ2n) is 2.25. The van der Waals surface area contributed by atoms with Gasteiger partial charge in [0.1, 0.15) is 0 Å². The summed E-state index contributed by atoms with van der Waals surface area (Å²) in [5.74, 6) is -1.00. The van der Waals surface area contributed by atoms with Crippen LogP contribution in [-0.2, 0) is 6.61 Å². The van der Waals surface area contributed by atoms with Gasteiger partial charge in [-0.25, -0.2) is 13.8 Å². The number of alkyl halides is 2. The van der Waals surface area contributed by atoms with Gasteiger partial charge in [-0.15, -0.1) is 0 Å². The molecule has 0 fully saturated rings. The highest BCUT2D eigenvalue weighted by atomic mass is 127. The van der Waals surface area contributed by atoms with Crippen LogP contribution >= 0.6 is 22.6 Å². The number of aromatic nitrogens is 1. The number of aliphatic hydroxyl groups excluding tert-OH is 1. The lowest BCUT2D eigenvalue weighted by Gasteiger charge is -2.06. The van der Waals surface area contributed by atoms with E-state index in [-0.39, 0.29) is 9.26 Å². The van der Waals surface area contributed by atoms with Crippen molar-refractivity contribution in [3.05, 3.63) is 26.8 Å². The molecule has 13 heavy (non-hydrogen) atoms. The Morgan fingerprint density at radius 3 is 2.62 bits per heavy atom. The summed E-state index contributed by atoms with van der Waals surface area (Å²) in [6, 6.07) is 0.672. The third kappa shape index (κ3) is 2.31. The molecule has 0 aliphatic heterocycles. The zero-order valence-electron chi connectivity index (χ0n) is 6.27. The maximum Gasteiger partial charge on any atom is 0.265 e. The SMILES string of the molecule is OCc1nc(F)cc(C(F)F)c1I. The molecule has 1 rings (SSSR count). The minimum absolute atomic E-state index is 0.0594. The molecular formula is C7H5F3INO. The molecule has 0 bridgehead atoms. The Bertz CT molecular complexity index is 319. The molecule has 0 saturated heterocycles. The van der Waals surface area contributed by atoms with Gasteiger partial charge in [-0.05, 0) is 22.6 Å². The minimum atomic E-state index is -2.75. The van der Waals surface area contributed by atoms with Crippen LogP contribution in [0.1, 0.15) is 17.7 Å². The van der Waals surface area contributed by atoms with Crippen LogP contribution in [0.5, 0.6) is 0 Å². The van der Waals surface area contributed by atoms with E-state index in [1.807, 2.05) is 0 Å². The van der Waals surface area contributed by atoms with E-state index in [1.54, 1.807) is 22.6 Å². The quantitative estimate of drug-likeness (QED) is 0.671.